The molecule has 0 aromatic rings. The van der Waals surface area contributed by atoms with Crippen LogP contribution in [0.25, 0.3) is 0 Å². The Bertz CT molecular complexity index is 456. The van der Waals surface area contributed by atoms with E-state index in [1.54, 1.807) is 0 Å². The van der Waals surface area contributed by atoms with Gasteiger partial charge < -0.3 is 12.3 Å². The molecule has 0 bridgehead atoms. The molecule has 21 heavy (non-hydrogen) atoms. The summed E-state index contributed by atoms with van der Waals surface area (Å²) in [6, 6.07) is 0. The van der Waals surface area contributed by atoms with Gasteiger partial charge in [0.2, 0.25) is 0 Å². The topological polar surface area (TPSA) is 27.7 Å². The molecule has 2 unspecified atom stereocenters. The summed E-state index contributed by atoms with van der Waals surface area (Å²) in [4.78, 5) is 0. The molecule has 3 nitrogen and oxygen atoms in total. The van der Waals surface area contributed by atoms with Gasteiger partial charge >= 0.3 is 25.7 Å². The maximum absolute atomic E-state index is 6.23. The second kappa shape index (κ2) is 6.36. The summed E-state index contributed by atoms with van der Waals surface area (Å²) >= 11 is 0. The van der Waals surface area contributed by atoms with Crippen LogP contribution in [0, 0.1) is 17.4 Å². The molecule has 1 aliphatic heterocycles. The van der Waals surface area contributed by atoms with Gasteiger partial charge in [-0.25, -0.2) is 0 Å². The fourth-order valence-corrected chi connectivity index (χ4v) is 16.2. The zero-order valence-electron chi connectivity index (χ0n) is 13.4. The van der Waals surface area contributed by atoms with E-state index in [1.807, 2.05) is 31.0 Å². The minimum absolute atomic E-state index is 0.506. The predicted molar refractivity (Wildman–Crippen MR) is 92.9 cm³/mol. The van der Waals surface area contributed by atoms with Crippen molar-refractivity contribution in [3.63, 3.8) is 0 Å². The average molecular weight is 339 g/mol. The van der Waals surface area contributed by atoms with E-state index in [9.17, 15) is 0 Å². The maximum Gasteiger partial charge on any atom is 0.403 e. The quantitative estimate of drug-likeness (QED) is 0.565. The molecule has 1 heterocycles. The van der Waals surface area contributed by atoms with Gasteiger partial charge in [-0.05, 0) is 32.5 Å². The first-order chi connectivity index (χ1) is 9.82. The van der Waals surface area contributed by atoms with E-state index in [1.165, 1.54) is 32.1 Å². The van der Waals surface area contributed by atoms with Crippen molar-refractivity contribution in [1.82, 2.24) is 0 Å². The van der Waals surface area contributed by atoms with E-state index < -0.39 is 25.7 Å². The highest BCUT2D eigenvalue weighted by Gasteiger charge is 2.54. The molecule has 1 aliphatic carbocycles. The number of hydrogen-bond donors (Lipinski definition) is 0. The van der Waals surface area contributed by atoms with E-state index >= 15 is 0 Å². The Morgan fingerprint density at radius 1 is 0.905 bits per heavy atom. The van der Waals surface area contributed by atoms with Crippen LogP contribution in [0.4, 0.5) is 0 Å². The van der Waals surface area contributed by atoms with Gasteiger partial charge in [-0.1, -0.05) is 36.2 Å². The summed E-state index contributed by atoms with van der Waals surface area (Å²) < 4.78 is 18.6. The molecular weight excluding hydrogens is 312 g/mol. The van der Waals surface area contributed by atoms with Gasteiger partial charge in [-0.3, -0.25) is 0 Å². The predicted octanol–water partition coefficient (Wildman–Crippen LogP) is 3.84. The van der Waals surface area contributed by atoms with Crippen molar-refractivity contribution in [3.05, 3.63) is 24.6 Å². The summed E-state index contributed by atoms with van der Waals surface area (Å²) in [7, 11) is -7.34. The largest absolute Gasteiger partial charge is 0.410 e. The van der Waals surface area contributed by atoms with Crippen LogP contribution in [0.2, 0.25) is 19.6 Å². The standard InChI is InChI=1S/C15H26O3Si3/c1-6-19(3)16-20(4,7-2)18-21(5,17-19)14-13-15-11-9-8-10-12-15/h6-7,15H,1-2,8-12H2,3-5H3. The van der Waals surface area contributed by atoms with Crippen molar-refractivity contribution in [2.75, 3.05) is 0 Å². The number of rotatable bonds is 2. The first-order valence-electron chi connectivity index (χ1n) is 7.72. The third-order valence-corrected chi connectivity index (χ3v) is 15.7. The van der Waals surface area contributed by atoms with Crippen LogP contribution in [-0.4, -0.2) is 25.7 Å². The van der Waals surface area contributed by atoms with Crippen molar-refractivity contribution < 1.29 is 12.3 Å². The molecule has 0 amide bonds. The SMILES string of the molecule is C=C[Si]1(C)O[Si](C)(C#CC2CCCCC2)O[Si](C)(C=C)O1. The molecular formula is C15H26O3Si3. The molecule has 1 saturated heterocycles. The summed E-state index contributed by atoms with van der Waals surface area (Å²) in [6.45, 7) is 13.9. The Hall–Kier alpha value is -0.429. The molecule has 0 aromatic heterocycles. The lowest BCUT2D eigenvalue weighted by Gasteiger charge is -2.45. The smallest absolute Gasteiger partial charge is 0.403 e. The van der Waals surface area contributed by atoms with Gasteiger partial charge in [0, 0.05) is 5.92 Å². The second-order valence-corrected chi connectivity index (χ2v) is 15.8. The highest BCUT2D eigenvalue weighted by molar-refractivity contribution is 6.99. The van der Waals surface area contributed by atoms with Crippen LogP contribution >= 0.6 is 0 Å². The highest BCUT2D eigenvalue weighted by Crippen LogP contribution is 2.31. The summed E-state index contributed by atoms with van der Waals surface area (Å²) in [5.74, 6) is 3.94. The molecule has 2 rings (SSSR count). The first-order valence-corrected chi connectivity index (χ1v) is 14.8. The molecule has 0 N–H and O–H groups in total. The molecule has 1 saturated carbocycles. The van der Waals surface area contributed by atoms with E-state index in [0.717, 1.165) is 0 Å². The first kappa shape index (κ1) is 16.9. The fraction of sp³-hybridized carbons (Fsp3) is 0.600. The lowest BCUT2D eigenvalue weighted by Crippen LogP contribution is -2.66. The Labute approximate surface area is 132 Å². The molecule has 116 valence electrons. The molecule has 2 atom stereocenters. The van der Waals surface area contributed by atoms with E-state index in [2.05, 4.69) is 24.6 Å². The van der Waals surface area contributed by atoms with E-state index in [-0.39, 0.29) is 0 Å². The zero-order valence-corrected chi connectivity index (χ0v) is 16.4. The lowest BCUT2D eigenvalue weighted by molar-refractivity contribution is 0.252. The molecule has 6 heteroatoms. The molecule has 0 aromatic carbocycles. The Balaban J connectivity index is 2.20. The Kier molecular flexibility index (Phi) is 5.13. The number of hydrogen-bond acceptors (Lipinski definition) is 3. The van der Waals surface area contributed by atoms with Crippen molar-refractivity contribution >= 4 is 25.7 Å². The Morgan fingerprint density at radius 2 is 1.43 bits per heavy atom. The van der Waals surface area contributed by atoms with Gasteiger partial charge in [-0.2, -0.15) is 0 Å². The van der Waals surface area contributed by atoms with Crippen molar-refractivity contribution in [3.8, 4) is 11.5 Å². The van der Waals surface area contributed by atoms with Crippen molar-refractivity contribution in [1.29, 1.82) is 0 Å². The molecule has 2 aliphatic rings. The maximum atomic E-state index is 6.23. The molecule has 0 radical (unpaired) electrons. The van der Waals surface area contributed by atoms with Gasteiger partial charge in [-0.15, -0.1) is 19.1 Å². The fourth-order valence-electron chi connectivity index (χ4n) is 2.94. The summed E-state index contributed by atoms with van der Waals surface area (Å²) in [5, 5.41) is 0. The molecule has 2 fully saturated rings. The van der Waals surface area contributed by atoms with E-state index in [4.69, 9.17) is 12.3 Å². The average Bonchev–Trinajstić information content (AvgIpc) is 2.45. The lowest BCUT2D eigenvalue weighted by atomic mass is 9.90. The van der Waals surface area contributed by atoms with Gasteiger partial charge in [0.15, 0.2) is 0 Å². The normalized spacial score (nSPS) is 40.9. The van der Waals surface area contributed by atoms with Crippen LogP contribution in [0.5, 0.6) is 0 Å². The second-order valence-electron chi connectivity index (χ2n) is 6.30. The monoisotopic (exact) mass is 338 g/mol. The van der Waals surface area contributed by atoms with Crippen molar-refractivity contribution in [2.45, 2.75) is 51.7 Å². The van der Waals surface area contributed by atoms with Crippen LogP contribution in [0.1, 0.15) is 32.1 Å². The van der Waals surface area contributed by atoms with Crippen LogP contribution < -0.4 is 0 Å². The van der Waals surface area contributed by atoms with Crippen molar-refractivity contribution in [2.24, 2.45) is 5.92 Å². The summed E-state index contributed by atoms with van der Waals surface area (Å²) in [6.07, 6.45) is 6.35. The zero-order chi connectivity index (χ0) is 15.6. The third kappa shape index (κ3) is 4.28. The van der Waals surface area contributed by atoms with Gasteiger partial charge in [0.1, 0.15) is 0 Å². The minimum atomic E-state index is -2.54. The Morgan fingerprint density at radius 3 is 1.90 bits per heavy atom. The third-order valence-electron chi connectivity index (χ3n) is 4.05. The molecule has 0 spiro atoms. The van der Waals surface area contributed by atoms with Crippen LogP contribution in [0.15, 0.2) is 24.6 Å². The van der Waals surface area contributed by atoms with Crippen LogP contribution in [0.3, 0.4) is 0 Å². The van der Waals surface area contributed by atoms with Crippen LogP contribution in [-0.2, 0) is 12.3 Å². The minimum Gasteiger partial charge on any atom is -0.410 e. The van der Waals surface area contributed by atoms with Gasteiger partial charge in [0.25, 0.3) is 0 Å². The highest BCUT2D eigenvalue weighted by atomic mass is 28.5. The van der Waals surface area contributed by atoms with E-state index in [0.29, 0.717) is 5.92 Å². The summed E-state index contributed by atoms with van der Waals surface area (Å²) in [5.41, 5.74) is 7.05. The van der Waals surface area contributed by atoms with Gasteiger partial charge in [0.05, 0.1) is 0 Å².